The predicted molar refractivity (Wildman–Crippen MR) is 57.2 cm³/mol. The summed E-state index contributed by atoms with van der Waals surface area (Å²) in [5.74, 6) is 0. The van der Waals surface area contributed by atoms with Crippen LogP contribution in [0.4, 0.5) is 0 Å². The van der Waals surface area contributed by atoms with Crippen molar-refractivity contribution in [2.45, 2.75) is 43.7 Å². The first-order valence-corrected chi connectivity index (χ1v) is 5.65. The van der Waals surface area contributed by atoms with Crippen LogP contribution in [-0.4, -0.2) is 28.5 Å². The number of H-pyrrole nitrogens is 1. The van der Waals surface area contributed by atoms with Gasteiger partial charge in [0.15, 0.2) is 0 Å². The Labute approximate surface area is 85.3 Å². The standard InChI is InChI=1S/C12H18N2/c1-14-11-4-6-12(14,7-5-11)9-10-3-2-8-13-10/h2-3,8,11,13H,4-7,9H2,1H3. The lowest BCUT2D eigenvalue weighted by Gasteiger charge is -2.31. The molecule has 2 heteroatoms. The van der Waals surface area contributed by atoms with Crippen molar-refractivity contribution in [2.24, 2.45) is 0 Å². The van der Waals surface area contributed by atoms with Crippen LogP contribution < -0.4 is 0 Å². The second-order valence-corrected chi connectivity index (χ2v) is 4.94. The molecule has 1 N–H and O–H groups in total. The lowest BCUT2D eigenvalue weighted by Crippen LogP contribution is -2.40. The monoisotopic (exact) mass is 190 g/mol. The molecule has 2 aliphatic heterocycles. The van der Waals surface area contributed by atoms with E-state index in [-0.39, 0.29) is 0 Å². The fraction of sp³-hybridized carbons (Fsp3) is 0.667. The SMILES string of the molecule is CN1C2CCC1(Cc1ccc[nH]1)CC2. The normalized spacial score (nSPS) is 36.8. The quantitative estimate of drug-likeness (QED) is 0.757. The number of nitrogens with one attached hydrogen (secondary N) is 1. The van der Waals surface area contributed by atoms with Gasteiger partial charge >= 0.3 is 0 Å². The molecule has 2 bridgehead atoms. The smallest absolute Gasteiger partial charge is 0.0265 e. The van der Waals surface area contributed by atoms with Crippen LogP contribution in [0.3, 0.4) is 0 Å². The van der Waals surface area contributed by atoms with Crippen molar-refractivity contribution >= 4 is 0 Å². The lowest BCUT2D eigenvalue weighted by atomic mass is 9.84. The van der Waals surface area contributed by atoms with Gasteiger partial charge in [0.2, 0.25) is 0 Å². The third-order valence-corrected chi connectivity index (χ3v) is 4.36. The number of aromatic nitrogens is 1. The van der Waals surface area contributed by atoms with E-state index in [0.29, 0.717) is 5.54 Å². The summed E-state index contributed by atoms with van der Waals surface area (Å²) in [5.41, 5.74) is 1.90. The van der Waals surface area contributed by atoms with Crippen LogP contribution in [-0.2, 0) is 6.42 Å². The molecular weight excluding hydrogens is 172 g/mol. The molecule has 0 aromatic carbocycles. The second kappa shape index (κ2) is 2.86. The molecule has 0 atom stereocenters. The van der Waals surface area contributed by atoms with Gasteiger partial charge in [0.25, 0.3) is 0 Å². The van der Waals surface area contributed by atoms with Crippen molar-refractivity contribution in [3.8, 4) is 0 Å². The molecule has 0 amide bonds. The van der Waals surface area contributed by atoms with E-state index < -0.39 is 0 Å². The zero-order chi connectivity index (χ0) is 9.60. The van der Waals surface area contributed by atoms with Gasteiger partial charge in [-0.05, 0) is 44.9 Å². The van der Waals surface area contributed by atoms with Crippen molar-refractivity contribution in [1.82, 2.24) is 9.88 Å². The third-order valence-electron chi connectivity index (χ3n) is 4.36. The molecule has 0 saturated carbocycles. The molecule has 2 nitrogen and oxygen atoms in total. The fourth-order valence-electron chi connectivity index (χ4n) is 3.40. The highest BCUT2D eigenvalue weighted by molar-refractivity contribution is 5.14. The number of hydrogen-bond donors (Lipinski definition) is 1. The summed E-state index contributed by atoms with van der Waals surface area (Å²) in [7, 11) is 2.31. The summed E-state index contributed by atoms with van der Waals surface area (Å²) in [5, 5.41) is 0. The summed E-state index contributed by atoms with van der Waals surface area (Å²) in [6.45, 7) is 0. The molecule has 2 aliphatic rings. The minimum atomic E-state index is 0.496. The first-order chi connectivity index (χ1) is 6.80. The largest absolute Gasteiger partial charge is 0.365 e. The van der Waals surface area contributed by atoms with E-state index in [1.165, 1.54) is 37.8 Å². The Kier molecular flexibility index (Phi) is 1.75. The van der Waals surface area contributed by atoms with Crippen LogP contribution in [0, 0.1) is 0 Å². The molecule has 1 aromatic rings. The highest BCUT2D eigenvalue weighted by atomic mass is 15.2. The van der Waals surface area contributed by atoms with Gasteiger partial charge in [0, 0.05) is 29.9 Å². The summed E-state index contributed by atoms with van der Waals surface area (Å²) in [6.07, 6.45) is 8.87. The Morgan fingerprint density at radius 1 is 1.50 bits per heavy atom. The average molecular weight is 190 g/mol. The molecule has 3 heterocycles. The van der Waals surface area contributed by atoms with Gasteiger partial charge in [0.1, 0.15) is 0 Å². The first-order valence-electron chi connectivity index (χ1n) is 5.65. The zero-order valence-electron chi connectivity index (χ0n) is 8.79. The van der Waals surface area contributed by atoms with Gasteiger partial charge in [-0.15, -0.1) is 0 Å². The summed E-state index contributed by atoms with van der Waals surface area (Å²) in [6, 6.07) is 5.20. The Balaban J connectivity index is 1.84. The van der Waals surface area contributed by atoms with Gasteiger partial charge in [-0.2, -0.15) is 0 Å². The topological polar surface area (TPSA) is 19.0 Å². The van der Waals surface area contributed by atoms with Crippen molar-refractivity contribution in [3.05, 3.63) is 24.0 Å². The highest BCUT2D eigenvalue weighted by Crippen LogP contribution is 2.46. The van der Waals surface area contributed by atoms with Crippen LogP contribution in [0.25, 0.3) is 0 Å². The summed E-state index contributed by atoms with van der Waals surface area (Å²) in [4.78, 5) is 5.97. The highest BCUT2D eigenvalue weighted by Gasteiger charge is 2.49. The number of rotatable bonds is 2. The Bertz CT molecular complexity index is 307. The predicted octanol–water partition coefficient (Wildman–Crippen LogP) is 2.18. The average Bonchev–Trinajstić information content (AvgIpc) is 2.86. The molecule has 0 unspecified atom stereocenters. The Hall–Kier alpha value is -0.760. The maximum Gasteiger partial charge on any atom is 0.0265 e. The van der Waals surface area contributed by atoms with Crippen LogP contribution in [0.1, 0.15) is 31.4 Å². The Morgan fingerprint density at radius 3 is 2.79 bits per heavy atom. The van der Waals surface area contributed by atoms with Crippen LogP contribution in [0.5, 0.6) is 0 Å². The molecular formula is C12H18N2. The second-order valence-electron chi connectivity index (χ2n) is 4.94. The van der Waals surface area contributed by atoms with E-state index in [0.717, 1.165) is 6.04 Å². The number of likely N-dealkylation sites (N-methyl/N-ethyl adjacent to an activating group) is 1. The molecule has 0 aliphatic carbocycles. The van der Waals surface area contributed by atoms with Gasteiger partial charge in [-0.25, -0.2) is 0 Å². The molecule has 14 heavy (non-hydrogen) atoms. The van der Waals surface area contributed by atoms with Crippen molar-refractivity contribution in [2.75, 3.05) is 7.05 Å². The fourth-order valence-corrected chi connectivity index (χ4v) is 3.40. The van der Waals surface area contributed by atoms with Crippen LogP contribution in [0.2, 0.25) is 0 Å². The maximum absolute atomic E-state index is 3.34. The van der Waals surface area contributed by atoms with Crippen molar-refractivity contribution in [3.63, 3.8) is 0 Å². The van der Waals surface area contributed by atoms with E-state index in [1.807, 2.05) is 6.20 Å². The molecule has 3 rings (SSSR count). The van der Waals surface area contributed by atoms with E-state index >= 15 is 0 Å². The van der Waals surface area contributed by atoms with Gasteiger partial charge in [-0.3, -0.25) is 4.90 Å². The van der Waals surface area contributed by atoms with Gasteiger partial charge in [-0.1, -0.05) is 0 Å². The number of fused-ring (bicyclic) bond motifs is 2. The molecule has 2 saturated heterocycles. The van der Waals surface area contributed by atoms with Crippen molar-refractivity contribution < 1.29 is 0 Å². The number of hydrogen-bond acceptors (Lipinski definition) is 1. The van der Waals surface area contributed by atoms with Crippen LogP contribution in [0.15, 0.2) is 18.3 Å². The lowest BCUT2D eigenvalue weighted by molar-refractivity contribution is 0.192. The minimum Gasteiger partial charge on any atom is -0.365 e. The Morgan fingerprint density at radius 2 is 2.29 bits per heavy atom. The number of aromatic amines is 1. The number of nitrogens with zero attached hydrogens (tertiary/aromatic N) is 1. The van der Waals surface area contributed by atoms with Crippen LogP contribution >= 0.6 is 0 Å². The van der Waals surface area contributed by atoms with Gasteiger partial charge < -0.3 is 4.98 Å². The molecule has 0 radical (unpaired) electrons. The molecule has 1 aromatic heterocycles. The van der Waals surface area contributed by atoms with E-state index in [9.17, 15) is 0 Å². The van der Waals surface area contributed by atoms with Crippen molar-refractivity contribution in [1.29, 1.82) is 0 Å². The first kappa shape index (κ1) is 8.54. The molecule has 76 valence electrons. The van der Waals surface area contributed by atoms with E-state index in [2.05, 4.69) is 29.1 Å². The van der Waals surface area contributed by atoms with E-state index in [4.69, 9.17) is 0 Å². The molecule has 2 fully saturated rings. The minimum absolute atomic E-state index is 0.496. The third kappa shape index (κ3) is 1.07. The van der Waals surface area contributed by atoms with E-state index in [1.54, 1.807) is 0 Å². The summed E-state index contributed by atoms with van der Waals surface area (Å²) >= 11 is 0. The van der Waals surface area contributed by atoms with Gasteiger partial charge in [0.05, 0.1) is 0 Å². The maximum atomic E-state index is 3.34. The summed E-state index contributed by atoms with van der Waals surface area (Å²) < 4.78 is 0. The molecule has 0 spiro atoms. The zero-order valence-corrected chi connectivity index (χ0v) is 8.79.